The van der Waals surface area contributed by atoms with Crippen molar-refractivity contribution in [2.45, 2.75) is 43.2 Å². The van der Waals surface area contributed by atoms with Gasteiger partial charge < -0.3 is 10.2 Å². The molecule has 3 rings (SSSR count). The molecule has 1 aliphatic rings. The molecule has 0 spiro atoms. The number of aromatic nitrogens is 2. The molecular weight excluding hydrogens is 340 g/mol. The van der Waals surface area contributed by atoms with Crippen LogP contribution in [0.15, 0.2) is 22.5 Å². The standard InChI is InChI=1S/C17H22N4OS2/c1-11-6-7-14(10-12(11)2)18-16-19-20-17(24-16)23-13(3)15(22)21-8-4-5-9-21/h6-7,10,13H,4-5,8-9H2,1-3H3,(H,18,19)/t13-/m1/s1. The highest BCUT2D eigenvalue weighted by Gasteiger charge is 2.25. The maximum atomic E-state index is 12.4. The quantitative estimate of drug-likeness (QED) is 0.815. The maximum absolute atomic E-state index is 12.4. The summed E-state index contributed by atoms with van der Waals surface area (Å²) in [7, 11) is 0. The Kier molecular flexibility index (Phi) is 5.40. The van der Waals surface area contributed by atoms with Crippen LogP contribution in [0.1, 0.15) is 30.9 Å². The van der Waals surface area contributed by atoms with Crippen LogP contribution in [0.4, 0.5) is 10.8 Å². The SMILES string of the molecule is Cc1ccc(Nc2nnc(S[C@H](C)C(=O)N3CCCC3)s2)cc1C. The molecule has 7 heteroatoms. The zero-order valence-electron chi connectivity index (χ0n) is 14.2. The van der Waals surface area contributed by atoms with Crippen molar-refractivity contribution >= 4 is 39.8 Å². The number of amides is 1. The van der Waals surface area contributed by atoms with Crippen molar-refractivity contribution in [3.63, 3.8) is 0 Å². The van der Waals surface area contributed by atoms with Gasteiger partial charge in [0, 0.05) is 18.8 Å². The van der Waals surface area contributed by atoms with E-state index in [0.29, 0.717) is 0 Å². The maximum Gasteiger partial charge on any atom is 0.235 e. The summed E-state index contributed by atoms with van der Waals surface area (Å²) < 4.78 is 0.821. The van der Waals surface area contributed by atoms with Crippen molar-refractivity contribution in [2.75, 3.05) is 18.4 Å². The first-order valence-corrected chi connectivity index (χ1v) is 9.86. The number of aryl methyl sites for hydroxylation is 2. The van der Waals surface area contributed by atoms with Crippen LogP contribution in [0, 0.1) is 13.8 Å². The van der Waals surface area contributed by atoms with Crippen molar-refractivity contribution in [1.29, 1.82) is 0 Å². The molecule has 1 aliphatic heterocycles. The number of carbonyl (C=O) groups excluding carboxylic acids is 1. The lowest BCUT2D eigenvalue weighted by atomic mass is 10.1. The molecule has 5 nitrogen and oxygen atoms in total. The molecule has 128 valence electrons. The van der Waals surface area contributed by atoms with Gasteiger partial charge in [0.1, 0.15) is 0 Å². The van der Waals surface area contributed by atoms with Crippen molar-refractivity contribution < 1.29 is 4.79 Å². The first-order chi connectivity index (χ1) is 11.5. The molecule has 0 unspecified atom stereocenters. The van der Waals surface area contributed by atoms with Gasteiger partial charge in [-0.2, -0.15) is 0 Å². The molecule has 0 bridgehead atoms. The van der Waals surface area contributed by atoms with E-state index >= 15 is 0 Å². The van der Waals surface area contributed by atoms with Gasteiger partial charge in [0.15, 0.2) is 4.34 Å². The minimum absolute atomic E-state index is 0.120. The smallest absolute Gasteiger partial charge is 0.235 e. The van der Waals surface area contributed by atoms with Crippen LogP contribution in [0.25, 0.3) is 0 Å². The zero-order chi connectivity index (χ0) is 17.1. The molecule has 0 radical (unpaired) electrons. The van der Waals surface area contributed by atoms with Crippen LogP contribution in [0.2, 0.25) is 0 Å². The third-order valence-electron chi connectivity index (χ3n) is 4.21. The predicted octanol–water partition coefficient (Wildman–Crippen LogP) is 4.00. The molecule has 1 fully saturated rings. The van der Waals surface area contributed by atoms with Gasteiger partial charge in [-0.3, -0.25) is 4.79 Å². The topological polar surface area (TPSA) is 58.1 Å². The molecular formula is C17H22N4OS2. The number of thioether (sulfide) groups is 1. The summed E-state index contributed by atoms with van der Waals surface area (Å²) in [5.41, 5.74) is 3.51. The second-order valence-corrected chi connectivity index (χ2v) is 8.66. The fraction of sp³-hybridized carbons (Fsp3) is 0.471. The van der Waals surface area contributed by atoms with Gasteiger partial charge >= 0.3 is 0 Å². The van der Waals surface area contributed by atoms with Gasteiger partial charge in [-0.15, -0.1) is 10.2 Å². The second-order valence-electron chi connectivity index (χ2n) is 6.09. The number of hydrogen-bond acceptors (Lipinski definition) is 6. The minimum Gasteiger partial charge on any atom is -0.342 e. The van der Waals surface area contributed by atoms with Crippen LogP contribution in [-0.2, 0) is 4.79 Å². The molecule has 24 heavy (non-hydrogen) atoms. The van der Waals surface area contributed by atoms with Crippen LogP contribution in [0.3, 0.4) is 0 Å². The Balaban J connectivity index is 1.60. The average Bonchev–Trinajstić information content (AvgIpc) is 3.22. The normalized spacial score (nSPS) is 15.5. The van der Waals surface area contributed by atoms with E-state index in [-0.39, 0.29) is 11.2 Å². The van der Waals surface area contributed by atoms with E-state index in [1.165, 1.54) is 34.2 Å². The molecule has 1 amide bonds. The number of likely N-dealkylation sites (tertiary alicyclic amines) is 1. The first kappa shape index (κ1) is 17.2. The summed E-state index contributed by atoms with van der Waals surface area (Å²) in [6.07, 6.45) is 2.23. The van der Waals surface area contributed by atoms with Gasteiger partial charge in [-0.25, -0.2) is 0 Å². The molecule has 2 heterocycles. The molecule has 0 aliphatic carbocycles. The average molecular weight is 363 g/mol. The van der Waals surface area contributed by atoms with Gasteiger partial charge in [-0.1, -0.05) is 29.2 Å². The monoisotopic (exact) mass is 362 g/mol. The van der Waals surface area contributed by atoms with Gasteiger partial charge in [0.2, 0.25) is 11.0 Å². The summed E-state index contributed by atoms with van der Waals surface area (Å²) in [5, 5.41) is 12.3. The summed E-state index contributed by atoms with van der Waals surface area (Å²) >= 11 is 2.97. The number of nitrogens with one attached hydrogen (secondary N) is 1. The summed E-state index contributed by atoms with van der Waals surface area (Å²) in [5.74, 6) is 0.205. The Labute approximate surface area is 150 Å². The lowest BCUT2D eigenvalue weighted by Crippen LogP contribution is -2.33. The molecule has 1 aromatic heterocycles. The Morgan fingerprint density at radius 1 is 1.25 bits per heavy atom. The van der Waals surface area contributed by atoms with E-state index in [1.807, 2.05) is 17.9 Å². The highest BCUT2D eigenvalue weighted by Crippen LogP contribution is 2.31. The van der Waals surface area contributed by atoms with E-state index in [0.717, 1.165) is 41.1 Å². The Bertz CT molecular complexity index is 725. The first-order valence-electron chi connectivity index (χ1n) is 8.16. The van der Waals surface area contributed by atoms with Crippen LogP contribution >= 0.6 is 23.1 Å². The lowest BCUT2D eigenvalue weighted by Gasteiger charge is -2.18. The van der Waals surface area contributed by atoms with Crippen molar-refractivity contribution in [2.24, 2.45) is 0 Å². The Morgan fingerprint density at radius 2 is 2.00 bits per heavy atom. The summed E-state index contributed by atoms with van der Waals surface area (Å²) in [6.45, 7) is 7.91. The number of nitrogens with zero attached hydrogens (tertiary/aromatic N) is 3. The minimum atomic E-state index is -0.120. The molecule has 2 aromatic rings. The van der Waals surface area contributed by atoms with E-state index in [4.69, 9.17) is 0 Å². The van der Waals surface area contributed by atoms with Gasteiger partial charge in [0.25, 0.3) is 0 Å². The molecule has 1 aromatic carbocycles. The number of rotatable bonds is 5. The third-order valence-corrected chi connectivity index (χ3v) is 6.22. The van der Waals surface area contributed by atoms with Gasteiger partial charge in [0.05, 0.1) is 5.25 Å². The number of benzene rings is 1. The van der Waals surface area contributed by atoms with E-state index in [1.54, 1.807) is 0 Å². The van der Waals surface area contributed by atoms with Crippen LogP contribution in [-0.4, -0.2) is 39.3 Å². The third kappa shape index (κ3) is 4.08. The van der Waals surface area contributed by atoms with E-state index in [2.05, 4.69) is 41.5 Å². The fourth-order valence-corrected chi connectivity index (χ4v) is 4.65. The summed E-state index contributed by atoms with van der Waals surface area (Å²) in [4.78, 5) is 14.3. The molecule has 0 saturated carbocycles. The van der Waals surface area contributed by atoms with Crippen LogP contribution < -0.4 is 5.32 Å². The fourth-order valence-electron chi connectivity index (χ4n) is 2.65. The number of hydrogen-bond donors (Lipinski definition) is 1. The lowest BCUT2D eigenvalue weighted by molar-refractivity contribution is -0.129. The largest absolute Gasteiger partial charge is 0.342 e. The van der Waals surface area contributed by atoms with Crippen LogP contribution in [0.5, 0.6) is 0 Å². The Morgan fingerprint density at radius 3 is 2.71 bits per heavy atom. The number of anilines is 2. The van der Waals surface area contributed by atoms with Crippen molar-refractivity contribution in [1.82, 2.24) is 15.1 Å². The molecule has 1 atom stereocenters. The highest BCUT2D eigenvalue weighted by molar-refractivity contribution is 8.02. The summed E-state index contributed by atoms with van der Waals surface area (Å²) in [6, 6.07) is 6.23. The number of carbonyl (C=O) groups is 1. The zero-order valence-corrected chi connectivity index (χ0v) is 15.8. The van der Waals surface area contributed by atoms with E-state index in [9.17, 15) is 4.79 Å². The Hall–Kier alpha value is -1.60. The van der Waals surface area contributed by atoms with Gasteiger partial charge in [-0.05, 0) is 56.9 Å². The molecule has 1 saturated heterocycles. The molecule has 1 N–H and O–H groups in total. The highest BCUT2D eigenvalue weighted by atomic mass is 32.2. The van der Waals surface area contributed by atoms with Crippen molar-refractivity contribution in [3.8, 4) is 0 Å². The second kappa shape index (κ2) is 7.53. The van der Waals surface area contributed by atoms with Crippen molar-refractivity contribution in [3.05, 3.63) is 29.3 Å². The van der Waals surface area contributed by atoms with E-state index < -0.39 is 0 Å². The predicted molar refractivity (Wildman–Crippen MR) is 100 cm³/mol.